The second-order valence-electron chi connectivity index (χ2n) is 4.96. The first-order valence-corrected chi connectivity index (χ1v) is 6.95. The molecular formula is C14H20BrN. The van der Waals surface area contributed by atoms with Crippen molar-refractivity contribution in [2.75, 3.05) is 13.1 Å². The lowest BCUT2D eigenvalue weighted by Gasteiger charge is -2.34. The van der Waals surface area contributed by atoms with Crippen LogP contribution in [0.5, 0.6) is 0 Å². The molecule has 1 aliphatic rings. The van der Waals surface area contributed by atoms with E-state index in [1.165, 1.54) is 36.0 Å². The lowest BCUT2D eigenvalue weighted by Crippen LogP contribution is -2.37. The topological polar surface area (TPSA) is 3.24 Å². The Morgan fingerprint density at radius 2 is 1.69 bits per heavy atom. The van der Waals surface area contributed by atoms with Crippen molar-refractivity contribution >= 4 is 15.9 Å². The molecule has 1 nitrogen and oxygen atoms in total. The molecule has 0 aliphatic carbocycles. The highest BCUT2D eigenvalue weighted by atomic mass is 79.9. The van der Waals surface area contributed by atoms with Gasteiger partial charge >= 0.3 is 0 Å². The van der Waals surface area contributed by atoms with Gasteiger partial charge < -0.3 is 4.90 Å². The number of hydrogen-bond donors (Lipinski definition) is 0. The summed E-state index contributed by atoms with van der Waals surface area (Å²) in [6, 6.07) is 9.54. The van der Waals surface area contributed by atoms with Crippen LogP contribution in [0.4, 0.5) is 0 Å². The fourth-order valence-electron chi connectivity index (χ4n) is 2.48. The molecule has 0 spiro atoms. The van der Waals surface area contributed by atoms with Gasteiger partial charge in [-0.15, -0.1) is 0 Å². The maximum absolute atomic E-state index is 3.49. The second kappa shape index (κ2) is 5.33. The molecule has 1 saturated heterocycles. The van der Waals surface area contributed by atoms with Crippen LogP contribution < -0.4 is 0 Å². The van der Waals surface area contributed by atoms with Crippen LogP contribution in [0.2, 0.25) is 0 Å². The summed E-state index contributed by atoms with van der Waals surface area (Å²) < 4.78 is 1.18. The molecule has 2 heteroatoms. The minimum atomic E-state index is 0.700. The molecule has 0 atom stereocenters. The van der Waals surface area contributed by atoms with Gasteiger partial charge in [0.1, 0.15) is 0 Å². The predicted molar refractivity (Wildman–Crippen MR) is 72.8 cm³/mol. The largest absolute Gasteiger partial charge is 0.301 e. The molecule has 0 bridgehead atoms. The van der Waals surface area contributed by atoms with E-state index in [2.05, 4.69) is 58.9 Å². The highest BCUT2D eigenvalue weighted by Gasteiger charge is 2.21. The van der Waals surface area contributed by atoms with Gasteiger partial charge in [-0.3, -0.25) is 0 Å². The zero-order valence-electron chi connectivity index (χ0n) is 10.1. The van der Waals surface area contributed by atoms with Crippen LogP contribution in [0.15, 0.2) is 28.7 Å². The summed E-state index contributed by atoms with van der Waals surface area (Å²) in [7, 11) is 0. The van der Waals surface area contributed by atoms with Gasteiger partial charge in [-0.25, -0.2) is 0 Å². The summed E-state index contributed by atoms with van der Waals surface area (Å²) in [5.41, 5.74) is 1.51. The number of piperidine rings is 1. The van der Waals surface area contributed by atoms with Crippen molar-refractivity contribution in [3.63, 3.8) is 0 Å². The Hall–Kier alpha value is -0.340. The van der Waals surface area contributed by atoms with E-state index in [-0.39, 0.29) is 0 Å². The molecule has 0 N–H and O–H groups in total. The normalized spacial score (nSPS) is 19.2. The van der Waals surface area contributed by atoms with Crippen molar-refractivity contribution < 1.29 is 0 Å². The Balaban J connectivity index is 1.96. The van der Waals surface area contributed by atoms with Gasteiger partial charge in [0.25, 0.3) is 0 Å². The van der Waals surface area contributed by atoms with Gasteiger partial charge in [0.2, 0.25) is 0 Å². The van der Waals surface area contributed by atoms with Crippen LogP contribution in [-0.2, 0) is 0 Å². The summed E-state index contributed by atoms with van der Waals surface area (Å²) in [6.45, 7) is 7.08. The maximum Gasteiger partial charge on any atom is 0.0175 e. The van der Waals surface area contributed by atoms with Gasteiger partial charge in [-0.1, -0.05) is 28.1 Å². The predicted octanol–water partition coefficient (Wildman–Crippen LogP) is 4.04. The zero-order chi connectivity index (χ0) is 11.5. The van der Waals surface area contributed by atoms with Crippen LogP contribution in [0.25, 0.3) is 0 Å². The van der Waals surface area contributed by atoms with E-state index in [4.69, 9.17) is 0 Å². The van der Waals surface area contributed by atoms with Crippen LogP contribution in [0.3, 0.4) is 0 Å². The molecule has 0 amide bonds. The second-order valence-corrected chi connectivity index (χ2v) is 5.87. The van der Waals surface area contributed by atoms with Gasteiger partial charge in [0.15, 0.2) is 0 Å². The average molecular weight is 282 g/mol. The summed E-state index contributed by atoms with van der Waals surface area (Å²) in [5, 5.41) is 0. The molecule has 1 aromatic carbocycles. The number of nitrogens with zero attached hydrogens (tertiary/aromatic N) is 1. The van der Waals surface area contributed by atoms with E-state index in [1.54, 1.807) is 0 Å². The van der Waals surface area contributed by atoms with Gasteiger partial charge in [0.05, 0.1) is 0 Å². The minimum absolute atomic E-state index is 0.700. The van der Waals surface area contributed by atoms with Crippen molar-refractivity contribution in [1.29, 1.82) is 0 Å². The van der Waals surface area contributed by atoms with Crippen molar-refractivity contribution in [3.05, 3.63) is 34.3 Å². The maximum atomic E-state index is 3.49. The van der Waals surface area contributed by atoms with Gasteiger partial charge in [0, 0.05) is 10.5 Å². The molecule has 16 heavy (non-hydrogen) atoms. The molecule has 0 radical (unpaired) electrons. The van der Waals surface area contributed by atoms with Gasteiger partial charge in [-0.2, -0.15) is 0 Å². The molecule has 0 saturated carbocycles. The monoisotopic (exact) mass is 281 g/mol. The molecule has 1 fully saturated rings. The minimum Gasteiger partial charge on any atom is -0.301 e. The molecule has 0 aromatic heterocycles. The van der Waals surface area contributed by atoms with Crippen LogP contribution in [0, 0.1) is 0 Å². The van der Waals surface area contributed by atoms with Gasteiger partial charge in [-0.05, 0) is 63.4 Å². The Bertz CT molecular complexity index is 323. The summed E-state index contributed by atoms with van der Waals surface area (Å²) in [5.74, 6) is 0.767. The lowest BCUT2D eigenvalue weighted by molar-refractivity contribution is 0.172. The highest BCUT2D eigenvalue weighted by Crippen LogP contribution is 2.29. The third kappa shape index (κ3) is 2.86. The Kier molecular flexibility index (Phi) is 4.04. The summed E-state index contributed by atoms with van der Waals surface area (Å²) >= 11 is 3.49. The quantitative estimate of drug-likeness (QED) is 0.791. The van der Waals surface area contributed by atoms with Crippen LogP contribution in [0.1, 0.15) is 38.2 Å². The molecular weight excluding hydrogens is 262 g/mol. The fourth-order valence-corrected chi connectivity index (χ4v) is 2.75. The zero-order valence-corrected chi connectivity index (χ0v) is 11.7. The molecule has 1 heterocycles. The van der Waals surface area contributed by atoms with Crippen LogP contribution >= 0.6 is 15.9 Å². The van der Waals surface area contributed by atoms with Crippen molar-refractivity contribution in [1.82, 2.24) is 4.90 Å². The van der Waals surface area contributed by atoms with Crippen molar-refractivity contribution in [2.45, 2.75) is 38.6 Å². The molecule has 2 rings (SSSR count). The molecule has 0 unspecified atom stereocenters. The standard InChI is InChI=1S/C14H20BrN/c1-11(2)16-9-7-13(8-10-16)12-3-5-14(15)6-4-12/h3-6,11,13H,7-10H2,1-2H3. The number of halogens is 1. The van der Waals surface area contributed by atoms with Crippen LogP contribution in [-0.4, -0.2) is 24.0 Å². The smallest absolute Gasteiger partial charge is 0.0175 e. The van der Waals surface area contributed by atoms with E-state index < -0.39 is 0 Å². The lowest BCUT2D eigenvalue weighted by atomic mass is 9.89. The van der Waals surface area contributed by atoms with Crippen molar-refractivity contribution in [2.24, 2.45) is 0 Å². The number of likely N-dealkylation sites (tertiary alicyclic amines) is 1. The fraction of sp³-hybridized carbons (Fsp3) is 0.571. The first-order chi connectivity index (χ1) is 7.66. The van der Waals surface area contributed by atoms with E-state index in [9.17, 15) is 0 Å². The van der Waals surface area contributed by atoms with E-state index >= 15 is 0 Å². The SMILES string of the molecule is CC(C)N1CCC(c2ccc(Br)cc2)CC1. The Morgan fingerprint density at radius 1 is 1.12 bits per heavy atom. The van der Waals surface area contributed by atoms with E-state index in [0.717, 1.165) is 5.92 Å². The first kappa shape index (κ1) is 12.1. The molecule has 88 valence electrons. The first-order valence-electron chi connectivity index (χ1n) is 6.16. The number of benzene rings is 1. The van der Waals surface area contributed by atoms with Crippen molar-refractivity contribution in [3.8, 4) is 0 Å². The summed E-state index contributed by atoms with van der Waals surface area (Å²) in [4.78, 5) is 2.58. The third-order valence-electron chi connectivity index (χ3n) is 3.60. The Morgan fingerprint density at radius 3 is 2.19 bits per heavy atom. The van der Waals surface area contributed by atoms with E-state index in [0.29, 0.717) is 6.04 Å². The molecule has 1 aromatic rings. The Labute approximate surface area is 107 Å². The number of hydrogen-bond acceptors (Lipinski definition) is 1. The highest BCUT2D eigenvalue weighted by molar-refractivity contribution is 9.10. The number of rotatable bonds is 2. The average Bonchev–Trinajstić information content (AvgIpc) is 2.30. The van der Waals surface area contributed by atoms with E-state index in [1.807, 2.05) is 0 Å². The third-order valence-corrected chi connectivity index (χ3v) is 4.13. The molecule has 1 aliphatic heterocycles. The summed E-state index contributed by atoms with van der Waals surface area (Å²) in [6.07, 6.45) is 2.61.